The van der Waals surface area contributed by atoms with Gasteiger partial charge < -0.3 is 10.2 Å². The maximum atomic E-state index is 12.3. The Morgan fingerprint density at radius 1 is 1.20 bits per heavy atom. The molecule has 1 aliphatic rings. The molecule has 4 heteroatoms. The SMILES string of the molecule is CCCCC[C@H](O)/C=C/[C@@H]1C(CCCCCCC(=O)O)C(=O)C[C@H]1C. The van der Waals surface area contributed by atoms with Crippen LogP contribution < -0.4 is 0 Å². The largest absolute Gasteiger partial charge is 0.481 e. The van der Waals surface area contributed by atoms with Crippen LogP contribution in [0.2, 0.25) is 0 Å². The Hall–Kier alpha value is -1.16. The highest BCUT2D eigenvalue weighted by atomic mass is 16.4. The fourth-order valence-electron chi connectivity index (χ4n) is 3.84. The molecule has 0 aromatic rings. The molecule has 0 bridgehead atoms. The Balaban J connectivity index is 2.39. The van der Waals surface area contributed by atoms with Gasteiger partial charge >= 0.3 is 5.97 Å². The highest BCUT2D eigenvalue weighted by Crippen LogP contribution is 2.38. The van der Waals surface area contributed by atoms with Crippen LogP contribution >= 0.6 is 0 Å². The Bertz CT molecular complexity index is 430. The van der Waals surface area contributed by atoms with E-state index in [0.29, 0.717) is 18.1 Å². The Kier molecular flexibility index (Phi) is 10.7. The molecule has 0 saturated heterocycles. The van der Waals surface area contributed by atoms with Gasteiger partial charge in [-0.3, -0.25) is 9.59 Å². The molecule has 0 spiro atoms. The molecule has 0 aromatic carbocycles. The number of aliphatic hydroxyl groups is 1. The third-order valence-corrected chi connectivity index (χ3v) is 5.37. The summed E-state index contributed by atoms with van der Waals surface area (Å²) in [5.41, 5.74) is 0. The van der Waals surface area contributed by atoms with Crippen LogP contribution in [-0.4, -0.2) is 28.1 Å². The number of aliphatic carboxylic acids is 1. The number of ketones is 1. The first-order chi connectivity index (χ1) is 12.0. The number of rotatable bonds is 13. The van der Waals surface area contributed by atoms with E-state index in [1.54, 1.807) is 0 Å². The van der Waals surface area contributed by atoms with E-state index in [4.69, 9.17) is 5.11 Å². The van der Waals surface area contributed by atoms with E-state index in [-0.39, 0.29) is 18.3 Å². The summed E-state index contributed by atoms with van der Waals surface area (Å²) < 4.78 is 0. The topological polar surface area (TPSA) is 74.6 Å². The Morgan fingerprint density at radius 3 is 2.60 bits per heavy atom. The number of carbonyl (C=O) groups excluding carboxylic acids is 1. The predicted octanol–water partition coefficient (Wildman–Crippen LogP) is 4.75. The van der Waals surface area contributed by atoms with Crippen molar-refractivity contribution < 1.29 is 19.8 Å². The van der Waals surface area contributed by atoms with E-state index in [0.717, 1.165) is 57.8 Å². The minimum Gasteiger partial charge on any atom is -0.481 e. The number of Topliss-reactive ketones (excluding diaryl/α,β-unsaturated/α-hetero) is 1. The van der Waals surface area contributed by atoms with Crippen LogP contribution in [0.5, 0.6) is 0 Å². The van der Waals surface area contributed by atoms with Crippen LogP contribution in [0, 0.1) is 17.8 Å². The summed E-state index contributed by atoms with van der Waals surface area (Å²) in [5.74, 6) is 0.292. The second-order valence-electron chi connectivity index (χ2n) is 7.63. The molecule has 4 nitrogen and oxygen atoms in total. The fraction of sp³-hybridized carbons (Fsp3) is 0.810. The molecule has 0 aliphatic heterocycles. The molecule has 2 N–H and O–H groups in total. The van der Waals surface area contributed by atoms with Crippen molar-refractivity contribution in [3.8, 4) is 0 Å². The van der Waals surface area contributed by atoms with E-state index in [1.165, 1.54) is 0 Å². The molecule has 144 valence electrons. The zero-order valence-electron chi connectivity index (χ0n) is 16.0. The summed E-state index contributed by atoms with van der Waals surface area (Å²) in [6, 6.07) is 0. The molecule has 1 fully saturated rings. The van der Waals surface area contributed by atoms with Crippen molar-refractivity contribution in [2.45, 2.75) is 90.6 Å². The van der Waals surface area contributed by atoms with Crippen molar-refractivity contribution in [1.29, 1.82) is 0 Å². The van der Waals surface area contributed by atoms with Crippen molar-refractivity contribution in [3.63, 3.8) is 0 Å². The quantitative estimate of drug-likeness (QED) is 0.370. The molecular weight excluding hydrogens is 316 g/mol. The molecule has 0 amide bonds. The van der Waals surface area contributed by atoms with Gasteiger partial charge in [-0.25, -0.2) is 0 Å². The average Bonchev–Trinajstić information content (AvgIpc) is 2.82. The summed E-state index contributed by atoms with van der Waals surface area (Å²) in [5, 5.41) is 18.7. The lowest BCUT2D eigenvalue weighted by Crippen LogP contribution is -2.16. The van der Waals surface area contributed by atoms with Crippen molar-refractivity contribution in [2.24, 2.45) is 17.8 Å². The van der Waals surface area contributed by atoms with Gasteiger partial charge in [0.15, 0.2) is 0 Å². The molecule has 1 saturated carbocycles. The molecule has 1 rings (SSSR count). The molecule has 0 aromatic heterocycles. The number of carboxylic acids is 1. The molecule has 1 unspecified atom stereocenters. The number of allylic oxidation sites excluding steroid dienone is 1. The van der Waals surface area contributed by atoms with Gasteiger partial charge in [0.05, 0.1) is 6.10 Å². The second-order valence-corrected chi connectivity index (χ2v) is 7.63. The van der Waals surface area contributed by atoms with Crippen molar-refractivity contribution >= 4 is 11.8 Å². The smallest absolute Gasteiger partial charge is 0.303 e. The predicted molar refractivity (Wildman–Crippen MR) is 100 cm³/mol. The highest BCUT2D eigenvalue weighted by Gasteiger charge is 2.37. The first-order valence-corrected chi connectivity index (χ1v) is 10.1. The van der Waals surface area contributed by atoms with Crippen LogP contribution in [0.4, 0.5) is 0 Å². The minimum absolute atomic E-state index is 0.0774. The monoisotopic (exact) mass is 352 g/mol. The number of carboxylic acid groups (broad SMARTS) is 1. The van der Waals surface area contributed by atoms with Gasteiger partial charge in [-0.05, 0) is 31.1 Å². The maximum Gasteiger partial charge on any atom is 0.303 e. The first-order valence-electron chi connectivity index (χ1n) is 10.1. The van der Waals surface area contributed by atoms with Crippen LogP contribution in [0.15, 0.2) is 12.2 Å². The zero-order valence-corrected chi connectivity index (χ0v) is 16.0. The van der Waals surface area contributed by atoms with Crippen LogP contribution in [0.25, 0.3) is 0 Å². The highest BCUT2D eigenvalue weighted by molar-refractivity contribution is 5.84. The lowest BCUT2D eigenvalue weighted by molar-refractivity contribution is -0.137. The Labute approximate surface area is 152 Å². The van der Waals surface area contributed by atoms with Gasteiger partial charge in [-0.1, -0.05) is 64.5 Å². The van der Waals surface area contributed by atoms with Gasteiger partial charge in [-0.15, -0.1) is 0 Å². The molecule has 0 radical (unpaired) electrons. The summed E-state index contributed by atoms with van der Waals surface area (Å²) in [6.07, 6.45) is 13.1. The second kappa shape index (κ2) is 12.2. The van der Waals surface area contributed by atoms with Crippen molar-refractivity contribution in [2.75, 3.05) is 0 Å². The molecule has 4 atom stereocenters. The van der Waals surface area contributed by atoms with Crippen molar-refractivity contribution in [3.05, 3.63) is 12.2 Å². The van der Waals surface area contributed by atoms with Crippen LogP contribution in [0.1, 0.15) is 84.5 Å². The van der Waals surface area contributed by atoms with Crippen molar-refractivity contribution in [1.82, 2.24) is 0 Å². The van der Waals surface area contributed by atoms with E-state index < -0.39 is 12.1 Å². The van der Waals surface area contributed by atoms with Crippen LogP contribution in [0.3, 0.4) is 0 Å². The Morgan fingerprint density at radius 2 is 1.92 bits per heavy atom. The van der Waals surface area contributed by atoms with Gasteiger partial charge in [0.1, 0.15) is 5.78 Å². The van der Waals surface area contributed by atoms with E-state index in [2.05, 4.69) is 19.9 Å². The summed E-state index contributed by atoms with van der Waals surface area (Å²) >= 11 is 0. The summed E-state index contributed by atoms with van der Waals surface area (Å²) in [4.78, 5) is 22.8. The number of carbonyl (C=O) groups is 2. The van der Waals surface area contributed by atoms with Gasteiger partial charge in [0.25, 0.3) is 0 Å². The third kappa shape index (κ3) is 8.66. The minimum atomic E-state index is -0.734. The zero-order chi connectivity index (χ0) is 18.7. The molecular formula is C21H36O4. The van der Waals surface area contributed by atoms with Gasteiger partial charge in [0.2, 0.25) is 0 Å². The average molecular weight is 353 g/mol. The number of unbranched alkanes of at least 4 members (excludes halogenated alkanes) is 5. The number of hydrogen-bond donors (Lipinski definition) is 2. The van der Waals surface area contributed by atoms with E-state index in [1.807, 2.05) is 6.08 Å². The number of aliphatic hydroxyl groups excluding tert-OH is 1. The van der Waals surface area contributed by atoms with Crippen LogP contribution in [-0.2, 0) is 9.59 Å². The fourth-order valence-corrected chi connectivity index (χ4v) is 3.84. The van der Waals surface area contributed by atoms with Gasteiger partial charge in [0, 0.05) is 18.8 Å². The lowest BCUT2D eigenvalue weighted by Gasteiger charge is -2.18. The summed E-state index contributed by atoms with van der Waals surface area (Å²) in [6.45, 7) is 4.28. The first kappa shape index (κ1) is 21.9. The molecule has 0 heterocycles. The van der Waals surface area contributed by atoms with E-state index >= 15 is 0 Å². The number of hydrogen-bond acceptors (Lipinski definition) is 3. The molecule has 1 aliphatic carbocycles. The van der Waals surface area contributed by atoms with Gasteiger partial charge in [-0.2, -0.15) is 0 Å². The lowest BCUT2D eigenvalue weighted by atomic mass is 9.85. The normalized spacial score (nSPS) is 24.9. The van der Waals surface area contributed by atoms with E-state index in [9.17, 15) is 14.7 Å². The maximum absolute atomic E-state index is 12.3. The third-order valence-electron chi connectivity index (χ3n) is 5.37. The molecule has 25 heavy (non-hydrogen) atoms. The summed E-state index contributed by atoms with van der Waals surface area (Å²) in [7, 11) is 0. The standard InChI is InChI=1S/C21H36O4/c1-3-4-7-10-17(22)13-14-18-16(2)15-20(23)19(18)11-8-5-6-9-12-21(24)25/h13-14,16-19,22H,3-12,15H2,1-2H3,(H,24,25)/b14-13+/t16-,17+,18+,19?/m1/s1.